The van der Waals surface area contributed by atoms with Crippen LogP contribution in [0.1, 0.15) is 0 Å². The number of hydrogen-bond donors (Lipinski definition) is 1. The van der Waals surface area contributed by atoms with E-state index in [2.05, 4.69) is 5.32 Å². The Balaban J connectivity index is 1.96. The number of carbonyl (C=O) groups is 1. The van der Waals surface area contributed by atoms with Crippen LogP contribution < -0.4 is 26.0 Å². The zero-order valence-corrected chi connectivity index (χ0v) is 18.1. The molecule has 0 radical (unpaired) electrons. The number of amides is 1. The fourth-order valence-corrected chi connectivity index (χ4v) is 4.04. The molecule has 0 unspecified atom stereocenters. The number of thiophene rings is 1. The Labute approximate surface area is 180 Å². The van der Waals surface area contributed by atoms with E-state index in [1.807, 2.05) is 0 Å². The maximum Gasteiger partial charge on any atom is 0.332 e. The van der Waals surface area contributed by atoms with Gasteiger partial charge in [0.15, 0.2) is 0 Å². The fourth-order valence-electron chi connectivity index (χ4n) is 2.96. The minimum atomic E-state index is -0.585. The largest absolute Gasteiger partial charge is 0.495 e. The van der Waals surface area contributed by atoms with Crippen molar-refractivity contribution in [2.45, 2.75) is 13.1 Å². The van der Waals surface area contributed by atoms with Crippen molar-refractivity contribution in [3.05, 3.63) is 49.4 Å². The van der Waals surface area contributed by atoms with Crippen LogP contribution in [0, 0.1) is 0 Å². The van der Waals surface area contributed by atoms with E-state index in [0.29, 0.717) is 32.4 Å². The number of aromatic nitrogens is 2. The molecular formula is C19H20ClN3O6S. The number of carbonyl (C=O) groups excluding carboxylic acids is 1. The minimum Gasteiger partial charge on any atom is -0.495 e. The van der Waals surface area contributed by atoms with E-state index in [4.69, 9.17) is 25.8 Å². The molecule has 1 amide bonds. The zero-order valence-electron chi connectivity index (χ0n) is 16.6. The predicted octanol–water partition coefficient (Wildman–Crippen LogP) is 2.18. The summed E-state index contributed by atoms with van der Waals surface area (Å²) in [6.45, 7) is -0.0164. The van der Waals surface area contributed by atoms with Crippen LogP contribution in [0.3, 0.4) is 0 Å². The molecule has 2 heterocycles. The molecule has 160 valence electrons. The zero-order chi connectivity index (χ0) is 21.8. The summed E-state index contributed by atoms with van der Waals surface area (Å²) in [5, 5.41) is 4.68. The van der Waals surface area contributed by atoms with E-state index in [0.717, 1.165) is 4.57 Å². The molecule has 1 N–H and O–H groups in total. The summed E-state index contributed by atoms with van der Waals surface area (Å²) in [5.41, 5.74) is -0.255. The number of nitrogens with one attached hydrogen (secondary N) is 1. The van der Waals surface area contributed by atoms with E-state index in [1.165, 1.54) is 43.3 Å². The maximum atomic E-state index is 12.9. The average molecular weight is 454 g/mol. The molecule has 3 rings (SSSR count). The van der Waals surface area contributed by atoms with Crippen LogP contribution in [-0.4, -0.2) is 43.0 Å². The normalized spacial score (nSPS) is 10.9. The number of ether oxygens (including phenoxy) is 3. The molecule has 0 bridgehead atoms. The molecule has 0 saturated heterocycles. The van der Waals surface area contributed by atoms with Crippen LogP contribution in [0.15, 0.2) is 33.2 Å². The van der Waals surface area contributed by atoms with Gasteiger partial charge in [0, 0.05) is 13.2 Å². The molecule has 9 nitrogen and oxygen atoms in total. The summed E-state index contributed by atoms with van der Waals surface area (Å²) < 4.78 is 18.1. The topological polar surface area (TPSA) is 101 Å². The predicted molar refractivity (Wildman–Crippen MR) is 115 cm³/mol. The molecule has 2 aromatic heterocycles. The quantitative estimate of drug-likeness (QED) is 0.561. The SMILES string of the molecule is COCCn1c(=O)c2sccc2n(CC(=O)Nc2cc(Cl)c(OC)cc2OC)c1=O. The molecule has 0 fully saturated rings. The van der Waals surface area contributed by atoms with Gasteiger partial charge in [-0.15, -0.1) is 11.3 Å². The number of anilines is 1. The summed E-state index contributed by atoms with van der Waals surface area (Å²) in [4.78, 5) is 38.2. The lowest BCUT2D eigenvalue weighted by molar-refractivity contribution is -0.116. The first kappa shape index (κ1) is 21.9. The van der Waals surface area contributed by atoms with Crippen LogP contribution in [-0.2, 0) is 22.6 Å². The lowest BCUT2D eigenvalue weighted by atomic mass is 10.2. The summed E-state index contributed by atoms with van der Waals surface area (Å²) in [6.07, 6.45) is 0. The number of nitrogens with zero attached hydrogens (tertiary/aromatic N) is 2. The molecule has 30 heavy (non-hydrogen) atoms. The highest BCUT2D eigenvalue weighted by atomic mass is 35.5. The molecule has 0 aliphatic carbocycles. The van der Waals surface area contributed by atoms with Gasteiger partial charge in [-0.25, -0.2) is 4.79 Å². The fraction of sp³-hybridized carbons (Fsp3) is 0.316. The van der Waals surface area contributed by atoms with E-state index in [1.54, 1.807) is 17.5 Å². The third-order valence-electron chi connectivity index (χ3n) is 4.41. The number of hydrogen-bond acceptors (Lipinski definition) is 7. The highest BCUT2D eigenvalue weighted by Gasteiger charge is 2.18. The molecule has 0 atom stereocenters. The van der Waals surface area contributed by atoms with Crippen molar-refractivity contribution in [3.8, 4) is 11.5 Å². The number of rotatable bonds is 8. The van der Waals surface area contributed by atoms with Crippen LogP contribution in [0.25, 0.3) is 10.2 Å². The maximum absolute atomic E-state index is 12.9. The molecule has 11 heteroatoms. The summed E-state index contributed by atoms with van der Waals surface area (Å²) in [6, 6.07) is 4.69. The highest BCUT2D eigenvalue weighted by molar-refractivity contribution is 7.17. The Bertz CT molecular complexity index is 1200. The third kappa shape index (κ3) is 4.20. The first-order valence-electron chi connectivity index (χ1n) is 8.82. The second-order valence-corrected chi connectivity index (χ2v) is 7.51. The van der Waals surface area contributed by atoms with E-state index < -0.39 is 17.2 Å². The Hall–Kier alpha value is -2.82. The molecule has 0 saturated carbocycles. The summed E-state index contributed by atoms with van der Waals surface area (Å²) in [5.74, 6) is 0.261. The van der Waals surface area contributed by atoms with Gasteiger partial charge in [0.25, 0.3) is 5.56 Å². The van der Waals surface area contributed by atoms with Gasteiger partial charge in [-0.2, -0.15) is 0 Å². The molecule has 0 aliphatic heterocycles. The van der Waals surface area contributed by atoms with Gasteiger partial charge < -0.3 is 19.5 Å². The molecule has 0 spiro atoms. The van der Waals surface area contributed by atoms with Gasteiger partial charge in [0.2, 0.25) is 5.91 Å². The third-order valence-corrected chi connectivity index (χ3v) is 5.59. The van der Waals surface area contributed by atoms with E-state index in [9.17, 15) is 14.4 Å². The van der Waals surface area contributed by atoms with Crippen molar-refractivity contribution >= 4 is 44.7 Å². The molecular weight excluding hydrogens is 434 g/mol. The summed E-state index contributed by atoms with van der Waals surface area (Å²) >= 11 is 7.35. The van der Waals surface area contributed by atoms with Gasteiger partial charge in [0.1, 0.15) is 22.7 Å². The van der Waals surface area contributed by atoms with E-state index in [-0.39, 0.29) is 19.7 Å². The Kier molecular flexibility index (Phi) is 6.80. The van der Waals surface area contributed by atoms with Crippen molar-refractivity contribution in [1.29, 1.82) is 0 Å². The molecule has 0 aliphatic rings. The van der Waals surface area contributed by atoms with Gasteiger partial charge in [0.05, 0.1) is 43.6 Å². The second-order valence-electron chi connectivity index (χ2n) is 6.19. The van der Waals surface area contributed by atoms with Gasteiger partial charge in [-0.1, -0.05) is 11.6 Å². The number of benzene rings is 1. The Morgan fingerprint density at radius 2 is 1.87 bits per heavy atom. The Morgan fingerprint density at radius 1 is 1.13 bits per heavy atom. The first-order valence-corrected chi connectivity index (χ1v) is 10.1. The van der Waals surface area contributed by atoms with Crippen LogP contribution in [0.5, 0.6) is 11.5 Å². The molecule has 1 aromatic carbocycles. The molecule has 3 aromatic rings. The lowest BCUT2D eigenvalue weighted by Crippen LogP contribution is -2.42. The van der Waals surface area contributed by atoms with Crippen LogP contribution >= 0.6 is 22.9 Å². The minimum absolute atomic E-state index is 0.0888. The smallest absolute Gasteiger partial charge is 0.332 e. The van der Waals surface area contributed by atoms with Gasteiger partial charge in [-0.3, -0.25) is 18.7 Å². The highest BCUT2D eigenvalue weighted by Crippen LogP contribution is 2.35. The van der Waals surface area contributed by atoms with Crippen LogP contribution in [0.4, 0.5) is 5.69 Å². The van der Waals surface area contributed by atoms with Crippen molar-refractivity contribution in [3.63, 3.8) is 0 Å². The van der Waals surface area contributed by atoms with Crippen molar-refractivity contribution in [2.24, 2.45) is 0 Å². The van der Waals surface area contributed by atoms with Crippen LogP contribution in [0.2, 0.25) is 5.02 Å². The van der Waals surface area contributed by atoms with Crippen molar-refractivity contribution < 1.29 is 19.0 Å². The Morgan fingerprint density at radius 3 is 2.53 bits per heavy atom. The number of methoxy groups -OCH3 is 3. The summed E-state index contributed by atoms with van der Waals surface area (Å²) in [7, 11) is 4.40. The number of fused-ring (bicyclic) bond motifs is 1. The van der Waals surface area contributed by atoms with Gasteiger partial charge >= 0.3 is 5.69 Å². The first-order chi connectivity index (χ1) is 14.4. The van der Waals surface area contributed by atoms with Crippen molar-refractivity contribution in [1.82, 2.24) is 9.13 Å². The standard InChI is InChI=1S/C19H20ClN3O6S/c1-27-6-5-22-18(25)17-13(4-7-30-17)23(19(22)26)10-16(24)21-12-8-11(20)14(28-2)9-15(12)29-3/h4,7-9H,5-6,10H2,1-3H3,(H,21,24). The van der Waals surface area contributed by atoms with Crippen molar-refractivity contribution in [2.75, 3.05) is 33.3 Å². The van der Waals surface area contributed by atoms with Gasteiger partial charge in [-0.05, 0) is 17.5 Å². The monoisotopic (exact) mass is 453 g/mol. The number of halogens is 1. The second kappa shape index (κ2) is 9.33. The average Bonchev–Trinajstić information content (AvgIpc) is 3.21. The van der Waals surface area contributed by atoms with E-state index >= 15 is 0 Å². The lowest BCUT2D eigenvalue weighted by Gasteiger charge is -2.15.